The van der Waals surface area contributed by atoms with Crippen LogP contribution in [0.2, 0.25) is 0 Å². The number of hydrogen-bond acceptors (Lipinski definition) is 4. The van der Waals surface area contributed by atoms with Gasteiger partial charge in [-0.05, 0) is 48.9 Å². The zero-order valence-corrected chi connectivity index (χ0v) is 11.7. The number of unbranched alkanes of at least 4 members (excludes halogenated alkanes) is 1. The van der Waals surface area contributed by atoms with Crippen LogP contribution in [0.4, 0.5) is 22.7 Å². The van der Waals surface area contributed by atoms with Crippen molar-refractivity contribution in [1.82, 2.24) is 0 Å². The zero-order chi connectivity index (χ0) is 14.4. The molecule has 0 unspecified atom stereocenters. The van der Waals surface area contributed by atoms with Crippen LogP contribution in [-0.2, 0) is 0 Å². The standard InChI is InChI=1S/C16H21N3O/c1-2-3-10-20-14-7-5-13(6-8-14)19-16-9-4-12(17)11-15(16)18/h4-9,11,19H,2-3,10,17-18H2,1H3. The summed E-state index contributed by atoms with van der Waals surface area (Å²) < 4.78 is 5.62. The van der Waals surface area contributed by atoms with Crippen molar-refractivity contribution in [2.45, 2.75) is 19.8 Å². The van der Waals surface area contributed by atoms with Crippen molar-refractivity contribution >= 4 is 22.7 Å². The molecule has 0 saturated carbocycles. The van der Waals surface area contributed by atoms with E-state index < -0.39 is 0 Å². The molecular formula is C16H21N3O. The molecule has 0 heterocycles. The summed E-state index contributed by atoms with van der Waals surface area (Å²) in [5, 5.41) is 3.26. The maximum Gasteiger partial charge on any atom is 0.119 e. The molecule has 4 heteroatoms. The number of benzene rings is 2. The molecule has 0 aliphatic heterocycles. The molecule has 0 fully saturated rings. The van der Waals surface area contributed by atoms with Crippen LogP contribution < -0.4 is 21.5 Å². The minimum Gasteiger partial charge on any atom is -0.494 e. The van der Waals surface area contributed by atoms with Crippen molar-refractivity contribution in [3.63, 3.8) is 0 Å². The zero-order valence-electron chi connectivity index (χ0n) is 11.7. The van der Waals surface area contributed by atoms with Gasteiger partial charge in [-0.25, -0.2) is 0 Å². The summed E-state index contributed by atoms with van der Waals surface area (Å²) in [6.07, 6.45) is 2.21. The minimum atomic E-state index is 0.633. The highest BCUT2D eigenvalue weighted by molar-refractivity contribution is 5.75. The first-order valence-electron chi connectivity index (χ1n) is 6.84. The van der Waals surface area contributed by atoms with Gasteiger partial charge in [0.2, 0.25) is 0 Å². The number of anilines is 4. The number of nitrogen functional groups attached to an aromatic ring is 2. The Morgan fingerprint density at radius 3 is 2.45 bits per heavy atom. The molecule has 0 aliphatic carbocycles. The molecule has 5 N–H and O–H groups in total. The Kier molecular flexibility index (Phi) is 4.71. The van der Waals surface area contributed by atoms with E-state index in [9.17, 15) is 0 Å². The number of nitrogens with one attached hydrogen (secondary N) is 1. The van der Waals surface area contributed by atoms with E-state index in [4.69, 9.17) is 16.2 Å². The largest absolute Gasteiger partial charge is 0.494 e. The second-order valence-electron chi connectivity index (χ2n) is 4.70. The first-order valence-corrected chi connectivity index (χ1v) is 6.84. The smallest absolute Gasteiger partial charge is 0.119 e. The van der Waals surface area contributed by atoms with E-state index in [1.165, 1.54) is 0 Å². The summed E-state index contributed by atoms with van der Waals surface area (Å²) in [6, 6.07) is 13.3. The molecule has 2 aromatic rings. The first kappa shape index (κ1) is 14.1. The van der Waals surface area contributed by atoms with Crippen molar-refractivity contribution in [1.29, 1.82) is 0 Å². The minimum absolute atomic E-state index is 0.633. The predicted octanol–water partition coefficient (Wildman–Crippen LogP) is 3.77. The Bertz CT molecular complexity index is 552. The lowest BCUT2D eigenvalue weighted by Gasteiger charge is -2.11. The lowest BCUT2D eigenvalue weighted by atomic mass is 10.2. The molecule has 0 radical (unpaired) electrons. The Morgan fingerprint density at radius 1 is 1.05 bits per heavy atom. The third kappa shape index (κ3) is 3.82. The summed E-state index contributed by atoms with van der Waals surface area (Å²) in [7, 11) is 0. The molecule has 0 amide bonds. The van der Waals surface area contributed by atoms with E-state index in [0.29, 0.717) is 11.4 Å². The molecule has 4 nitrogen and oxygen atoms in total. The molecule has 106 valence electrons. The fourth-order valence-electron chi connectivity index (χ4n) is 1.82. The maximum atomic E-state index is 5.91. The van der Waals surface area contributed by atoms with Crippen LogP contribution in [0, 0.1) is 0 Å². The molecule has 2 rings (SSSR count). The highest BCUT2D eigenvalue weighted by Crippen LogP contribution is 2.26. The van der Waals surface area contributed by atoms with Gasteiger partial charge in [0.05, 0.1) is 18.0 Å². The summed E-state index contributed by atoms with van der Waals surface area (Å²) in [5.74, 6) is 0.884. The molecular weight excluding hydrogens is 250 g/mol. The number of ether oxygens (including phenoxy) is 1. The van der Waals surface area contributed by atoms with Crippen LogP contribution in [0.1, 0.15) is 19.8 Å². The summed E-state index contributed by atoms with van der Waals surface area (Å²) in [6.45, 7) is 2.90. The van der Waals surface area contributed by atoms with Gasteiger partial charge in [0.1, 0.15) is 5.75 Å². The van der Waals surface area contributed by atoms with Gasteiger partial charge in [0, 0.05) is 11.4 Å². The van der Waals surface area contributed by atoms with Gasteiger partial charge in [-0.2, -0.15) is 0 Å². The number of nitrogens with two attached hydrogens (primary N) is 2. The van der Waals surface area contributed by atoms with E-state index in [-0.39, 0.29) is 0 Å². The monoisotopic (exact) mass is 271 g/mol. The molecule has 0 aromatic heterocycles. The summed E-state index contributed by atoms with van der Waals surface area (Å²) in [4.78, 5) is 0. The normalized spacial score (nSPS) is 10.2. The van der Waals surface area contributed by atoms with Crippen molar-refractivity contribution in [2.24, 2.45) is 0 Å². The topological polar surface area (TPSA) is 73.3 Å². The number of hydrogen-bond donors (Lipinski definition) is 3. The number of rotatable bonds is 6. The van der Waals surface area contributed by atoms with Gasteiger partial charge in [-0.1, -0.05) is 13.3 Å². The van der Waals surface area contributed by atoms with Crippen molar-refractivity contribution in [2.75, 3.05) is 23.4 Å². The molecule has 0 bridgehead atoms. The summed E-state index contributed by atoms with van der Waals surface area (Å²) in [5.41, 5.74) is 14.7. The van der Waals surface area contributed by atoms with E-state index in [2.05, 4.69) is 12.2 Å². The van der Waals surface area contributed by atoms with Crippen LogP contribution in [0.15, 0.2) is 42.5 Å². The Labute approximate surface area is 119 Å². The second-order valence-corrected chi connectivity index (χ2v) is 4.70. The van der Waals surface area contributed by atoms with Gasteiger partial charge < -0.3 is 21.5 Å². The highest BCUT2D eigenvalue weighted by atomic mass is 16.5. The van der Waals surface area contributed by atoms with Crippen LogP contribution in [0.5, 0.6) is 5.75 Å². The third-order valence-electron chi connectivity index (χ3n) is 2.98. The lowest BCUT2D eigenvalue weighted by molar-refractivity contribution is 0.309. The first-order chi connectivity index (χ1) is 9.69. The van der Waals surface area contributed by atoms with E-state index >= 15 is 0 Å². The van der Waals surface area contributed by atoms with Crippen LogP contribution >= 0.6 is 0 Å². The fraction of sp³-hybridized carbons (Fsp3) is 0.250. The average molecular weight is 271 g/mol. The van der Waals surface area contributed by atoms with Gasteiger partial charge in [-0.3, -0.25) is 0 Å². The van der Waals surface area contributed by atoms with Crippen LogP contribution in [-0.4, -0.2) is 6.61 Å². The van der Waals surface area contributed by atoms with E-state index in [0.717, 1.165) is 36.6 Å². The maximum absolute atomic E-state index is 5.91. The molecule has 0 atom stereocenters. The summed E-state index contributed by atoms with van der Waals surface area (Å²) >= 11 is 0. The second kappa shape index (κ2) is 6.70. The SMILES string of the molecule is CCCCOc1ccc(Nc2ccc(N)cc2N)cc1. The average Bonchev–Trinajstić information content (AvgIpc) is 2.44. The lowest BCUT2D eigenvalue weighted by Crippen LogP contribution is -1.98. The van der Waals surface area contributed by atoms with Gasteiger partial charge in [0.25, 0.3) is 0 Å². The highest BCUT2D eigenvalue weighted by Gasteiger charge is 2.01. The Hall–Kier alpha value is -2.36. The van der Waals surface area contributed by atoms with Crippen molar-refractivity contribution < 1.29 is 4.74 Å². The van der Waals surface area contributed by atoms with Crippen molar-refractivity contribution in [3.8, 4) is 5.75 Å². The molecule has 2 aromatic carbocycles. The molecule has 0 saturated heterocycles. The van der Waals surface area contributed by atoms with Gasteiger partial charge in [-0.15, -0.1) is 0 Å². The van der Waals surface area contributed by atoms with Crippen LogP contribution in [0.3, 0.4) is 0 Å². The van der Waals surface area contributed by atoms with E-state index in [1.54, 1.807) is 6.07 Å². The van der Waals surface area contributed by atoms with Crippen LogP contribution in [0.25, 0.3) is 0 Å². The Morgan fingerprint density at radius 2 is 1.80 bits per heavy atom. The third-order valence-corrected chi connectivity index (χ3v) is 2.98. The van der Waals surface area contributed by atoms with Gasteiger partial charge >= 0.3 is 0 Å². The predicted molar refractivity (Wildman–Crippen MR) is 85.4 cm³/mol. The fourth-order valence-corrected chi connectivity index (χ4v) is 1.82. The molecule has 0 aliphatic rings. The van der Waals surface area contributed by atoms with Gasteiger partial charge in [0.15, 0.2) is 0 Å². The Balaban J connectivity index is 1.99. The molecule has 20 heavy (non-hydrogen) atoms. The quantitative estimate of drug-likeness (QED) is 0.552. The van der Waals surface area contributed by atoms with E-state index in [1.807, 2.05) is 36.4 Å². The van der Waals surface area contributed by atoms with Crippen molar-refractivity contribution in [3.05, 3.63) is 42.5 Å². The molecule has 0 spiro atoms.